The van der Waals surface area contributed by atoms with Gasteiger partial charge in [-0.25, -0.2) is 9.97 Å². The second kappa shape index (κ2) is 10.1. The number of anilines is 1. The molecular formula is C30H43N5O. The molecule has 194 valence electrons. The monoisotopic (exact) mass is 489 g/mol. The second-order valence-electron chi connectivity index (χ2n) is 12.2. The summed E-state index contributed by atoms with van der Waals surface area (Å²) in [6, 6.07) is 6.88. The van der Waals surface area contributed by atoms with E-state index in [1.54, 1.807) is 0 Å². The summed E-state index contributed by atoms with van der Waals surface area (Å²) in [5.74, 6) is 2.52. The van der Waals surface area contributed by atoms with E-state index in [2.05, 4.69) is 60.3 Å². The van der Waals surface area contributed by atoms with Crippen molar-refractivity contribution in [2.75, 3.05) is 25.1 Å². The SMILES string of the molecule is COC1CCC(C2CCN(c3nc(Cc4cc(C(C)(C)C)ccc4C)c4c(ncn4C)n3)CC2)CC1. The van der Waals surface area contributed by atoms with Crippen molar-refractivity contribution in [3.63, 3.8) is 0 Å². The Morgan fingerprint density at radius 1 is 0.972 bits per heavy atom. The average Bonchev–Trinajstić information content (AvgIpc) is 3.25. The Labute approximate surface area is 216 Å². The van der Waals surface area contributed by atoms with Crippen LogP contribution in [0.5, 0.6) is 0 Å². The molecule has 3 aromatic rings. The van der Waals surface area contributed by atoms with Crippen molar-refractivity contribution in [1.29, 1.82) is 0 Å². The number of hydrogen-bond acceptors (Lipinski definition) is 5. The molecular weight excluding hydrogens is 446 g/mol. The van der Waals surface area contributed by atoms with Crippen molar-refractivity contribution in [3.8, 4) is 0 Å². The van der Waals surface area contributed by atoms with Crippen molar-refractivity contribution in [2.24, 2.45) is 18.9 Å². The van der Waals surface area contributed by atoms with Crippen LogP contribution in [0.3, 0.4) is 0 Å². The Morgan fingerprint density at radius 3 is 2.33 bits per heavy atom. The maximum absolute atomic E-state index is 5.59. The zero-order chi connectivity index (χ0) is 25.4. The maximum atomic E-state index is 5.59. The Morgan fingerprint density at radius 2 is 1.67 bits per heavy atom. The summed E-state index contributed by atoms with van der Waals surface area (Å²) in [5, 5.41) is 0. The lowest BCUT2D eigenvalue weighted by atomic mass is 9.75. The van der Waals surface area contributed by atoms with Crippen LogP contribution in [0.2, 0.25) is 0 Å². The molecule has 0 radical (unpaired) electrons. The highest BCUT2D eigenvalue weighted by Gasteiger charge is 2.31. The van der Waals surface area contributed by atoms with Crippen LogP contribution in [-0.4, -0.2) is 45.8 Å². The van der Waals surface area contributed by atoms with Crippen LogP contribution in [-0.2, 0) is 23.6 Å². The third-order valence-electron chi connectivity index (χ3n) is 8.75. The quantitative estimate of drug-likeness (QED) is 0.441. The topological polar surface area (TPSA) is 56.1 Å². The number of nitrogens with zero attached hydrogens (tertiary/aromatic N) is 5. The highest BCUT2D eigenvalue weighted by Crippen LogP contribution is 2.37. The Hall–Kier alpha value is -2.47. The molecule has 6 nitrogen and oxygen atoms in total. The molecule has 6 heteroatoms. The van der Waals surface area contributed by atoms with Gasteiger partial charge in [0.25, 0.3) is 0 Å². The molecule has 0 unspecified atom stereocenters. The Bertz CT molecular complexity index is 1190. The van der Waals surface area contributed by atoms with Crippen LogP contribution in [0.4, 0.5) is 5.95 Å². The van der Waals surface area contributed by atoms with Gasteiger partial charge in [-0.05, 0) is 79.4 Å². The summed E-state index contributed by atoms with van der Waals surface area (Å²) in [6.07, 6.45) is 10.7. The van der Waals surface area contributed by atoms with E-state index in [1.807, 2.05) is 20.5 Å². The fourth-order valence-corrected chi connectivity index (χ4v) is 6.27. The highest BCUT2D eigenvalue weighted by atomic mass is 16.5. The largest absolute Gasteiger partial charge is 0.381 e. The standard InChI is InChI=1S/C30H43N5O/c1-20-7-10-24(30(2,3)4)17-23(20)18-26-27-28(31-19-34(27)5)33-29(32-26)35-15-13-22(14-16-35)21-8-11-25(36-6)12-9-21/h7,10,17,19,21-22,25H,8-9,11-16,18H2,1-6H3. The molecule has 0 N–H and O–H groups in total. The number of ether oxygens (including phenoxy) is 1. The van der Waals surface area contributed by atoms with Gasteiger partial charge in [0.15, 0.2) is 5.65 Å². The lowest BCUT2D eigenvalue weighted by Crippen LogP contribution is -2.38. The number of hydrogen-bond donors (Lipinski definition) is 0. The molecule has 2 aliphatic rings. The minimum Gasteiger partial charge on any atom is -0.381 e. The van der Waals surface area contributed by atoms with E-state index >= 15 is 0 Å². The third kappa shape index (κ3) is 5.15. The van der Waals surface area contributed by atoms with Gasteiger partial charge in [0.1, 0.15) is 5.52 Å². The fraction of sp³-hybridized carbons (Fsp3) is 0.633. The summed E-state index contributed by atoms with van der Waals surface area (Å²) in [6.45, 7) is 11.1. The van der Waals surface area contributed by atoms with Gasteiger partial charge in [0.05, 0.1) is 18.1 Å². The lowest BCUT2D eigenvalue weighted by molar-refractivity contribution is 0.0435. The van der Waals surface area contributed by atoms with E-state index < -0.39 is 0 Å². The van der Waals surface area contributed by atoms with Gasteiger partial charge in [0, 0.05) is 33.7 Å². The Kier molecular flexibility index (Phi) is 7.08. The van der Waals surface area contributed by atoms with Gasteiger partial charge in [-0.1, -0.05) is 39.0 Å². The van der Waals surface area contributed by atoms with E-state index in [0.29, 0.717) is 6.10 Å². The molecule has 0 amide bonds. The fourth-order valence-electron chi connectivity index (χ4n) is 6.27. The van der Waals surface area contributed by atoms with Gasteiger partial charge >= 0.3 is 0 Å². The van der Waals surface area contributed by atoms with Gasteiger partial charge in [-0.3, -0.25) is 0 Å². The molecule has 1 saturated heterocycles. The number of aromatic nitrogens is 4. The van der Waals surface area contributed by atoms with Crippen molar-refractivity contribution >= 4 is 17.1 Å². The van der Waals surface area contributed by atoms with Crippen LogP contribution >= 0.6 is 0 Å². The number of methoxy groups -OCH3 is 1. The van der Waals surface area contributed by atoms with E-state index in [-0.39, 0.29) is 5.41 Å². The molecule has 2 aromatic heterocycles. The summed E-state index contributed by atoms with van der Waals surface area (Å²) < 4.78 is 7.66. The molecule has 1 saturated carbocycles. The summed E-state index contributed by atoms with van der Waals surface area (Å²) in [7, 11) is 3.91. The molecule has 0 bridgehead atoms. The van der Waals surface area contributed by atoms with Crippen LogP contribution in [0.15, 0.2) is 24.5 Å². The first-order chi connectivity index (χ1) is 17.2. The van der Waals surface area contributed by atoms with Crippen molar-refractivity contribution < 1.29 is 4.74 Å². The van der Waals surface area contributed by atoms with Gasteiger partial charge in [-0.15, -0.1) is 0 Å². The minimum absolute atomic E-state index is 0.119. The maximum Gasteiger partial charge on any atom is 0.227 e. The zero-order valence-corrected chi connectivity index (χ0v) is 23.0. The van der Waals surface area contributed by atoms with Crippen LogP contribution < -0.4 is 4.90 Å². The van der Waals surface area contributed by atoms with Crippen molar-refractivity contribution in [2.45, 2.75) is 84.2 Å². The molecule has 0 spiro atoms. The highest BCUT2D eigenvalue weighted by molar-refractivity contribution is 5.75. The Balaban J connectivity index is 1.37. The van der Waals surface area contributed by atoms with E-state index in [0.717, 1.165) is 54.2 Å². The summed E-state index contributed by atoms with van der Waals surface area (Å²) >= 11 is 0. The molecule has 1 aliphatic carbocycles. The van der Waals surface area contributed by atoms with E-state index in [9.17, 15) is 0 Å². The molecule has 1 aromatic carbocycles. The van der Waals surface area contributed by atoms with E-state index in [4.69, 9.17) is 14.7 Å². The van der Waals surface area contributed by atoms with Gasteiger partial charge in [0.2, 0.25) is 5.95 Å². The molecule has 0 atom stereocenters. The molecule has 3 heterocycles. The third-order valence-corrected chi connectivity index (χ3v) is 8.75. The van der Waals surface area contributed by atoms with Crippen LogP contribution in [0.1, 0.15) is 81.7 Å². The first kappa shape index (κ1) is 25.2. The smallest absolute Gasteiger partial charge is 0.227 e. The summed E-state index contributed by atoms with van der Waals surface area (Å²) in [4.78, 5) is 17.1. The van der Waals surface area contributed by atoms with E-state index in [1.165, 1.54) is 55.2 Å². The molecule has 2 fully saturated rings. The predicted octanol–water partition coefficient (Wildman–Crippen LogP) is 5.98. The van der Waals surface area contributed by atoms with Crippen molar-refractivity contribution in [3.05, 3.63) is 46.9 Å². The molecule has 5 rings (SSSR count). The van der Waals surface area contributed by atoms with Gasteiger partial charge in [-0.2, -0.15) is 4.98 Å². The zero-order valence-electron chi connectivity index (χ0n) is 23.0. The molecule has 36 heavy (non-hydrogen) atoms. The molecule has 1 aliphatic heterocycles. The first-order valence-corrected chi connectivity index (χ1v) is 13.8. The number of aryl methyl sites for hydroxylation is 2. The first-order valence-electron chi connectivity index (χ1n) is 13.8. The van der Waals surface area contributed by atoms with Gasteiger partial charge < -0.3 is 14.2 Å². The number of benzene rings is 1. The average molecular weight is 490 g/mol. The predicted molar refractivity (Wildman–Crippen MR) is 147 cm³/mol. The number of imidazole rings is 1. The number of fused-ring (bicyclic) bond motifs is 1. The lowest BCUT2D eigenvalue weighted by Gasteiger charge is -2.39. The normalized spacial score (nSPS) is 21.9. The summed E-state index contributed by atoms with van der Waals surface area (Å²) in [5.41, 5.74) is 7.05. The number of piperidine rings is 1. The van der Waals surface area contributed by atoms with Crippen LogP contribution in [0, 0.1) is 18.8 Å². The second-order valence-corrected chi connectivity index (χ2v) is 12.2. The van der Waals surface area contributed by atoms with Crippen molar-refractivity contribution in [1.82, 2.24) is 19.5 Å². The minimum atomic E-state index is 0.119. The van der Waals surface area contributed by atoms with Crippen LogP contribution in [0.25, 0.3) is 11.2 Å². The number of rotatable bonds is 5.